The Labute approximate surface area is 152 Å². The number of aromatic nitrogens is 4. The van der Waals surface area contributed by atoms with Crippen LogP contribution in [0.3, 0.4) is 0 Å². The van der Waals surface area contributed by atoms with Gasteiger partial charge in [-0.05, 0) is 24.6 Å². The summed E-state index contributed by atoms with van der Waals surface area (Å²) in [7, 11) is -3.85. The average molecular weight is 393 g/mol. The van der Waals surface area contributed by atoms with Gasteiger partial charge in [-0.25, -0.2) is 23.5 Å². The molecule has 3 rings (SSSR count). The number of fused-ring (bicyclic) bond motifs is 1. The Morgan fingerprint density at radius 2 is 2.12 bits per heavy atom. The van der Waals surface area contributed by atoms with E-state index >= 15 is 0 Å². The first-order valence-electron chi connectivity index (χ1n) is 7.27. The van der Waals surface area contributed by atoms with Crippen LogP contribution in [0, 0.1) is 6.92 Å². The van der Waals surface area contributed by atoms with Gasteiger partial charge in [-0.3, -0.25) is 4.79 Å². The topological polar surface area (TPSA) is 170 Å². The number of nitrogens with one attached hydrogen (secondary N) is 2. The van der Waals surface area contributed by atoms with Gasteiger partial charge in [-0.2, -0.15) is 4.98 Å². The van der Waals surface area contributed by atoms with Crippen molar-refractivity contribution in [2.24, 2.45) is 5.14 Å². The smallest absolute Gasteiger partial charge is 0.238 e. The van der Waals surface area contributed by atoms with Crippen LogP contribution in [-0.2, 0) is 14.8 Å². The summed E-state index contributed by atoms with van der Waals surface area (Å²) in [6, 6.07) is 4.28. The first-order chi connectivity index (χ1) is 12.2. The third-order valence-electron chi connectivity index (χ3n) is 3.42. The number of carbonyl (C=O) groups is 1. The number of imidazole rings is 1. The molecule has 1 amide bonds. The highest BCUT2D eigenvalue weighted by atomic mass is 32.2. The maximum absolute atomic E-state index is 12.2. The number of amides is 1. The highest BCUT2D eigenvalue weighted by Crippen LogP contribution is 2.24. The standard InChI is InChI=1S/C14H15N7O3S2/c1-7-2-3-8(26(16,23)24)4-9(7)19-10(22)5-25-13-11-12(18-6-17-11)20-14(15)21-13/h2-4,6H,5H2,1H3,(H,19,22)(H2,16,23,24)(H3,15,17,18,20,21). The molecule has 0 spiro atoms. The van der Waals surface area contributed by atoms with Crippen molar-refractivity contribution in [2.75, 3.05) is 16.8 Å². The molecule has 136 valence electrons. The normalized spacial score (nSPS) is 11.6. The molecule has 0 radical (unpaired) electrons. The number of H-pyrrole nitrogens is 1. The number of nitrogen functional groups attached to an aromatic ring is 1. The number of rotatable bonds is 5. The van der Waals surface area contributed by atoms with Crippen molar-refractivity contribution in [1.29, 1.82) is 0 Å². The third-order valence-corrected chi connectivity index (χ3v) is 5.31. The lowest BCUT2D eigenvalue weighted by molar-refractivity contribution is -0.113. The van der Waals surface area contributed by atoms with Crippen LogP contribution in [0.1, 0.15) is 5.56 Å². The lowest BCUT2D eigenvalue weighted by Gasteiger charge is -2.10. The fraction of sp³-hybridized carbons (Fsp3) is 0.143. The van der Waals surface area contributed by atoms with E-state index in [0.717, 1.165) is 11.8 Å². The van der Waals surface area contributed by atoms with Gasteiger partial charge in [-0.15, -0.1) is 0 Å². The molecule has 0 atom stereocenters. The van der Waals surface area contributed by atoms with Crippen LogP contribution in [-0.4, -0.2) is 40.0 Å². The molecule has 0 saturated carbocycles. The number of benzene rings is 1. The van der Waals surface area contributed by atoms with Crippen LogP contribution in [0.15, 0.2) is 34.4 Å². The van der Waals surface area contributed by atoms with Crippen LogP contribution in [0.5, 0.6) is 0 Å². The van der Waals surface area contributed by atoms with Crippen molar-refractivity contribution in [3.8, 4) is 0 Å². The van der Waals surface area contributed by atoms with Gasteiger partial charge >= 0.3 is 0 Å². The minimum absolute atomic E-state index is 0.0314. The number of nitrogens with zero attached hydrogens (tertiary/aromatic N) is 3. The molecular formula is C14H15N7O3S2. The molecule has 0 bridgehead atoms. The van der Waals surface area contributed by atoms with Crippen LogP contribution < -0.4 is 16.2 Å². The molecule has 0 saturated heterocycles. The van der Waals surface area contributed by atoms with Gasteiger partial charge in [0.25, 0.3) is 0 Å². The quantitative estimate of drug-likeness (QED) is 0.361. The molecule has 0 aliphatic carbocycles. The molecule has 6 N–H and O–H groups in total. The summed E-state index contributed by atoms with van der Waals surface area (Å²) < 4.78 is 22.9. The van der Waals surface area contributed by atoms with Crippen molar-refractivity contribution in [2.45, 2.75) is 16.8 Å². The maximum Gasteiger partial charge on any atom is 0.238 e. The Morgan fingerprint density at radius 1 is 1.35 bits per heavy atom. The molecule has 12 heteroatoms. The summed E-state index contributed by atoms with van der Waals surface area (Å²) in [5, 5.41) is 8.28. The second-order valence-electron chi connectivity index (χ2n) is 5.35. The fourth-order valence-electron chi connectivity index (χ4n) is 2.16. The highest BCUT2D eigenvalue weighted by Gasteiger charge is 2.14. The molecule has 2 aromatic heterocycles. The molecular weight excluding hydrogens is 378 g/mol. The second-order valence-corrected chi connectivity index (χ2v) is 7.87. The van der Waals surface area contributed by atoms with Gasteiger partial charge in [0.05, 0.1) is 17.0 Å². The van der Waals surface area contributed by atoms with Crippen LogP contribution >= 0.6 is 11.8 Å². The number of nitrogens with two attached hydrogens (primary N) is 2. The summed E-state index contributed by atoms with van der Waals surface area (Å²) in [6.45, 7) is 1.74. The SMILES string of the molecule is Cc1ccc(S(N)(=O)=O)cc1NC(=O)CSc1nc(N)nc2nc[nH]c12. The van der Waals surface area contributed by atoms with Gasteiger partial charge in [-0.1, -0.05) is 17.8 Å². The number of aryl methyl sites for hydroxylation is 1. The number of hydrogen-bond acceptors (Lipinski definition) is 8. The first-order valence-corrected chi connectivity index (χ1v) is 9.80. The molecule has 0 aliphatic heterocycles. The van der Waals surface area contributed by atoms with E-state index in [0.29, 0.717) is 27.4 Å². The molecule has 26 heavy (non-hydrogen) atoms. The van der Waals surface area contributed by atoms with Gasteiger partial charge in [0.1, 0.15) is 10.5 Å². The lowest BCUT2D eigenvalue weighted by Crippen LogP contribution is -2.17. The van der Waals surface area contributed by atoms with Gasteiger partial charge < -0.3 is 16.0 Å². The minimum atomic E-state index is -3.85. The number of thioether (sulfide) groups is 1. The van der Waals surface area contributed by atoms with Crippen molar-refractivity contribution in [1.82, 2.24) is 19.9 Å². The average Bonchev–Trinajstić information content (AvgIpc) is 3.01. The van der Waals surface area contributed by atoms with E-state index in [-0.39, 0.29) is 22.5 Å². The Hall–Kier alpha value is -2.70. The molecule has 10 nitrogen and oxygen atoms in total. The molecule has 0 fully saturated rings. The number of primary sulfonamides is 1. The summed E-state index contributed by atoms with van der Waals surface area (Å²) >= 11 is 1.15. The van der Waals surface area contributed by atoms with Crippen molar-refractivity contribution < 1.29 is 13.2 Å². The number of anilines is 2. The van der Waals surface area contributed by atoms with Crippen LogP contribution in [0.4, 0.5) is 11.6 Å². The molecule has 1 aromatic carbocycles. The fourth-order valence-corrected chi connectivity index (χ4v) is 3.49. The third kappa shape index (κ3) is 3.92. The highest BCUT2D eigenvalue weighted by molar-refractivity contribution is 8.00. The minimum Gasteiger partial charge on any atom is -0.368 e. The number of aromatic amines is 1. The summed E-state index contributed by atoms with van der Waals surface area (Å²) in [6.07, 6.45) is 1.46. The van der Waals surface area contributed by atoms with Crippen LogP contribution in [0.25, 0.3) is 11.2 Å². The van der Waals surface area contributed by atoms with E-state index < -0.39 is 10.0 Å². The van der Waals surface area contributed by atoms with E-state index in [4.69, 9.17) is 10.9 Å². The predicted octanol–water partition coefficient (Wildman–Crippen LogP) is 0.622. The summed E-state index contributed by atoms with van der Waals surface area (Å²) in [5.41, 5.74) is 7.71. The lowest BCUT2D eigenvalue weighted by atomic mass is 10.2. The first kappa shape index (κ1) is 18.1. The number of hydrogen-bond donors (Lipinski definition) is 4. The molecule has 3 aromatic rings. The van der Waals surface area contributed by atoms with Crippen molar-refractivity contribution >= 4 is 50.5 Å². The number of carbonyl (C=O) groups excluding carboxylic acids is 1. The Balaban J connectivity index is 1.74. The zero-order valence-corrected chi connectivity index (χ0v) is 15.2. The van der Waals surface area contributed by atoms with E-state index in [9.17, 15) is 13.2 Å². The Bertz CT molecular complexity index is 1100. The van der Waals surface area contributed by atoms with Crippen molar-refractivity contribution in [3.63, 3.8) is 0 Å². The van der Waals surface area contributed by atoms with E-state index in [1.807, 2.05) is 0 Å². The maximum atomic E-state index is 12.2. The summed E-state index contributed by atoms with van der Waals surface area (Å²) in [4.78, 5) is 27.2. The summed E-state index contributed by atoms with van der Waals surface area (Å²) in [5.74, 6) is -0.248. The van der Waals surface area contributed by atoms with Gasteiger partial charge in [0, 0.05) is 5.69 Å². The molecule has 0 unspecified atom stereocenters. The monoisotopic (exact) mass is 393 g/mol. The largest absolute Gasteiger partial charge is 0.368 e. The van der Waals surface area contributed by atoms with E-state index in [1.165, 1.54) is 18.5 Å². The van der Waals surface area contributed by atoms with Gasteiger partial charge in [0.2, 0.25) is 21.9 Å². The Morgan fingerprint density at radius 3 is 2.85 bits per heavy atom. The predicted molar refractivity (Wildman–Crippen MR) is 98.0 cm³/mol. The molecule has 2 heterocycles. The van der Waals surface area contributed by atoms with Crippen LogP contribution in [0.2, 0.25) is 0 Å². The Kier molecular flexibility index (Phi) is 4.80. The van der Waals surface area contributed by atoms with Crippen molar-refractivity contribution in [3.05, 3.63) is 30.1 Å². The van der Waals surface area contributed by atoms with Gasteiger partial charge in [0.15, 0.2) is 5.65 Å². The second kappa shape index (κ2) is 6.90. The van der Waals surface area contributed by atoms with E-state index in [1.54, 1.807) is 13.0 Å². The number of sulfonamides is 1. The molecule has 0 aliphatic rings. The zero-order chi connectivity index (χ0) is 18.9. The van der Waals surface area contributed by atoms with E-state index in [2.05, 4.69) is 25.3 Å². The zero-order valence-electron chi connectivity index (χ0n) is 13.6.